The number of nitrogens with zero attached hydrogens (tertiary/aromatic N) is 1. The van der Waals surface area contributed by atoms with E-state index in [2.05, 4.69) is 71.5 Å². The van der Waals surface area contributed by atoms with E-state index in [1.807, 2.05) is 29.6 Å². The molecule has 0 aliphatic carbocycles. The number of rotatable bonds is 5. The van der Waals surface area contributed by atoms with Crippen molar-refractivity contribution in [1.29, 1.82) is 0 Å². The van der Waals surface area contributed by atoms with Crippen LogP contribution in [0, 0.1) is 5.41 Å². The summed E-state index contributed by atoms with van der Waals surface area (Å²) < 4.78 is 0.0329. The van der Waals surface area contributed by atoms with E-state index >= 15 is 0 Å². The molecular formula is C19H27NS2. The van der Waals surface area contributed by atoms with Crippen molar-refractivity contribution in [2.75, 3.05) is 5.75 Å². The van der Waals surface area contributed by atoms with E-state index in [1.54, 1.807) is 0 Å². The first-order valence-electron chi connectivity index (χ1n) is 7.78. The molecule has 3 heteroatoms. The molecule has 0 radical (unpaired) electrons. The van der Waals surface area contributed by atoms with E-state index < -0.39 is 0 Å². The predicted octanol–water partition coefficient (Wildman–Crippen LogP) is 5.81. The second kappa shape index (κ2) is 6.45. The Balaban J connectivity index is 2.36. The van der Waals surface area contributed by atoms with Gasteiger partial charge in [0.15, 0.2) is 0 Å². The van der Waals surface area contributed by atoms with Crippen molar-refractivity contribution < 1.29 is 0 Å². The number of aliphatic imine (C=N–C) groups is 1. The van der Waals surface area contributed by atoms with Gasteiger partial charge in [0, 0.05) is 11.2 Å². The van der Waals surface area contributed by atoms with Gasteiger partial charge in [-0.3, -0.25) is 4.99 Å². The summed E-state index contributed by atoms with van der Waals surface area (Å²) in [6, 6.07) is 10.8. The van der Waals surface area contributed by atoms with Gasteiger partial charge in [0.05, 0.1) is 14.7 Å². The van der Waals surface area contributed by atoms with Crippen LogP contribution in [0.4, 0.5) is 0 Å². The van der Waals surface area contributed by atoms with Gasteiger partial charge in [0.2, 0.25) is 0 Å². The van der Waals surface area contributed by atoms with Crippen molar-refractivity contribution in [2.24, 2.45) is 10.4 Å². The quantitative estimate of drug-likeness (QED) is 0.630. The molecule has 1 aromatic carbocycles. The van der Waals surface area contributed by atoms with Crippen LogP contribution in [0.25, 0.3) is 0 Å². The molecule has 22 heavy (non-hydrogen) atoms. The summed E-state index contributed by atoms with van der Waals surface area (Å²) >= 11 is 3.96. The molecular weight excluding hydrogens is 306 g/mol. The molecule has 0 N–H and O–H groups in total. The van der Waals surface area contributed by atoms with Gasteiger partial charge >= 0.3 is 0 Å². The third-order valence-electron chi connectivity index (χ3n) is 3.93. The zero-order valence-corrected chi connectivity index (χ0v) is 16.0. The maximum atomic E-state index is 5.12. The molecule has 1 aliphatic heterocycles. The molecule has 0 saturated heterocycles. The van der Waals surface area contributed by atoms with Gasteiger partial charge in [-0.2, -0.15) is 0 Å². The Kier molecular flexibility index (Phi) is 5.18. The molecule has 1 heterocycles. The van der Waals surface area contributed by atoms with E-state index in [0.717, 1.165) is 12.2 Å². The lowest BCUT2D eigenvalue weighted by molar-refractivity contribution is 0.470. The summed E-state index contributed by atoms with van der Waals surface area (Å²) in [6.07, 6.45) is 3.02. The molecule has 0 spiro atoms. The summed E-state index contributed by atoms with van der Waals surface area (Å²) in [5.41, 5.74) is 1.39. The Morgan fingerprint density at radius 2 is 1.86 bits per heavy atom. The standard InChI is InChI=1S/C19H27NS2/c1-7-13-21-19(14-15-11-9-8-10-12-15)18(5,6)20-16(22-19)17(2,3)4/h7-12H,1,13-14H2,2-6H3. The Hall–Kier alpha value is -0.670. The monoisotopic (exact) mass is 333 g/mol. The van der Waals surface area contributed by atoms with Crippen LogP contribution >= 0.6 is 23.5 Å². The van der Waals surface area contributed by atoms with Crippen LogP contribution in [0.15, 0.2) is 48.0 Å². The van der Waals surface area contributed by atoms with Crippen molar-refractivity contribution in [3.05, 3.63) is 48.6 Å². The highest BCUT2D eigenvalue weighted by Crippen LogP contribution is 2.57. The maximum Gasteiger partial charge on any atom is 0.0957 e. The van der Waals surface area contributed by atoms with Gasteiger partial charge in [-0.25, -0.2) is 0 Å². The van der Waals surface area contributed by atoms with Gasteiger partial charge in [0.1, 0.15) is 0 Å². The van der Waals surface area contributed by atoms with Gasteiger partial charge in [0.25, 0.3) is 0 Å². The van der Waals surface area contributed by atoms with E-state index in [4.69, 9.17) is 4.99 Å². The molecule has 0 saturated carbocycles. The zero-order chi connectivity index (χ0) is 16.4. The Morgan fingerprint density at radius 3 is 2.36 bits per heavy atom. The van der Waals surface area contributed by atoms with E-state index in [1.165, 1.54) is 10.6 Å². The van der Waals surface area contributed by atoms with Gasteiger partial charge in [-0.05, 0) is 25.8 Å². The fraction of sp³-hybridized carbons (Fsp3) is 0.526. The van der Waals surface area contributed by atoms with E-state index in [-0.39, 0.29) is 15.0 Å². The van der Waals surface area contributed by atoms with Crippen LogP contribution in [-0.2, 0) is 6.42 Å². The lowest BCUT2D eigenvalue weighted by Crippen LogP contribution is -2.42. The highest BCUT2D eigenvalue weighted by Gasteiger charge is 2.53. The molecule has 1 unspecified atom stereocenters. The lowest BCUT2D eigenvalue weighted by atomic mass is 9.93. The second-order valence-electron chi connectivity index (χ2n) is 7.34. The summed E-state index contributed by atoms with van der Waals surface area (Å²) in [5, 5.41) is 1.27. The predicted molar refractivity (Wildman–Crippen MR) is 104 cm³/mol. The van der Waals surface area contributed by atoms with E-state index in [9.17, 15) is 0 Å². The first kappa shape index (κ1) is 17.7. The number of hydrogen-bond acceptors (Lipinski definition) is 3. The average Bonchev–Trinajstić information content (AvgIpc) is 2.69. The molecule has 0 fully saturated rings. The molecule has 0 amide bonds. The minimum absolute atomic E-state index is 0.0329. The number of thioether (sulfide) groups is 2. The average molecular weight is 334 g/mol. The Morgan fingerprint density at radius 1 is 1.23 bits per heavy atom. The highest BCUT2D eigenvalue weighted by atomic mass is 32.2. The topological polar surface area (TPSA) is 12.4 Å². The lowest BCUT2D eigenvalue weighted by Gasteiger charge is -2.38. The fourth-order valence-corrected chi connectivity index (χ4v) is 5.69. The maximum absolute atomic E-state index is 5.12. The molecule has 0 aromatic heterocycles. The van der Waals surface area contributed by atoms with Crippen molar-refractivity contribution in [3.8, 4) is 0 Å². The molecule has 2 rings (SSSR count). The summed E-state index contributed by atoms with van der Waals surface area (Å²) in [4.78, 5) is 5.12. The Bertz CT molecular complexity index is 555. The Labute approximate surface area is 144 Å². The van der Waals surface area contributed by atoms with Gasteiger partial charge < -0.3 is 0 Å². The minimum atomic E-state index is -0.0935. The van der Waals surface area contributed by atoms with E-state index in [0.29, 0.717) is 0 Å². The summed E-state index contributed by atoms with van der Waals surface area (Å²) in [6.45, 7) is 15.2. The van der Waals surface area contributed by atoms with Gasteiger partial charge in [-0.15, -0.1) is 18.3 Å². The van der Waals surface area contributed by atoms with Crippen molar-refractivity contribution in [2.45, 2.75) is 50.7 Å². The SMILES string of the molecule is C=CCSC1(Cc2ccccc2)SC(C(C)(C)C)=NC1(C)C. The minimum Gasteiger partial charge on any atom is -0.274 e. The molecule has 120 valence electrons. The first-order chi connectivity index (χ1) is 10.2. The normalized spacial score (nSPS) is 24.1. The van der Waals surface area contributed by atoms with Crippen LogP contribution in [0.1, 0.15) is 40.2 Å². The molecule has 1 aromatic rings. The number of hydrogen-bond donors (Lipinski definition) is 0. The second-order valence-corrected chi connectivity index (χ2v) is 10.2. The summed E-state index contributed by atoms with van der Waals surface area (Å²) in [7, 11) is 0. The third-order valence-corrected chi connectivity index (χ3v) is 7.92. The highest BCUT2D eigenvalue weighted by molar-refractivity contribution is 8.26. The molecule has 1 atom stereocenters. The van der Waals surface area contributed by atoms with Crippen molar-refractivity contribution in [1.82, 2.24) is 0 Å². The molecule has 1 aliphatic rings. The van der Waals surface area contributed by atoms with Crippen LogP contribution in [0.2, 0.25) is 0 Å². The van der Waals surface area contributed by atoms with Crippen LogP contribution in [0.5, 0.6) is 0 Å². The largest absolute Gasteiger partial charge is 0.274 e. The van der Waals surface area contributed by atoms with Crippen molar-refractivity contribution >= 4 is 28.6 Å². The smallest absolute Gasteiger partial charge is 0.0957 e. The first-order valence-corrected chi connectivity index (χ1v) is 9.58. The third kappa shape index (κ3) is 3.62. The van der Waals surface area contributed by atoms with Crippen LogP contribution < -0.4 is 0 Å². The van der Waals surface area contributed by atoms with Crippen molar-refractivity contribution in [3.63, 3.8) is 0 Å². The molecule has 0 bridgehead atoms. The summed E-state index contributed by atoms with van der Waals surface area (Å²) in [5.74, 6) is 0.955. The fourth-order valence-electron chi connectivity index (χ4n) is 2.53. The zero-order valence-electron chi connectivity index (χ0n) is 14.3. The van der Waals surface area contributed by atoms with Crippen LogP contribution in [-0.4, -0.2) is 20.4 Å². The molecule has 1 nitrogen and oxygen atoms in total. The van der Waals surface area contributed by atoms with Gasteiger partial charge in [-0.1, -0.05) is 68.9 Å². The van der Waals surface area contributed by atoms with Crippen LogP contribution in [0.3, 0.4) is 0 Å². The number of benzene rings is 1.